The summed E-state index contributed by atoms with van der Waals surface area (Å²) in [6.45, 7) is 2.71. The van der Waals surface area contributed by atoms with E-state index in [1.807, 2.05) is 0 Å². The molecule has 70 valence electrons. The number of hydrogen-bond acceptors (Lipinski definition) is 4. The van der Waals surface area contributed by atoms with Crippen LogP contribution in [0.4, 0.5) is 0 Å². The predicted molar refractivity (Wildman–Crippen MR) is 43.6 cm³/mol. The maximum Gasteiger partial charge on any atom is 0.151 e. The molecule has 0 radical (unpaired) electrons. The molecule has 0 aromatic carbocycles. The van der Waals surface area contributed by atoms with Gasteiger partial charge in [-0.15, -0.1) is 0 Å². The molecular weight excluding hydrogens is 158 g/mol. The first-order valence-corrected chi connectivity index (χ1v) is 4.04. The number of ether oxygens (including phenoxy) is 1. The zero-order valence-corrected chi connectivity index (χ0v) is 7.25. The summed E-state index contributed by atoms with van der Waals surface area (Å²) in [4.78, 5) is 10.6. The third kappa shape index (κ3) is 1.26. The fraction of sp³-hybridized carbons (Fsp3) is 0.875. The van der Waals surface area contributed by atoms with E-state index in [9.17, 15) is 9.90 Å². The van der Waals surface area contributed by atoms with Crippen molar-refractivity contribution in [3.8, 4) is 0 Å². The summed E-state index contributed by atoms with van der Waals surface area (Å²) in [7, 11) is 0. The van der Waals surface area contributed by atoms with Gasteiger partial charge in [-0.25, -0.2) is 0 Å². The van der Waals surface area contributed by atoms with Gasteiger partial charge in [0.25, 0.3) is 0 Å². The Balaban J connectivity index is 2.85. The highest BCUT2D eigenvalue weighted by Crippen LogP contribution is 2.37. The van der Waals surface area contributed by atoms with Crippen LogP contribution in [0, 0.1) is 5.41 Å². The molecule has 0 amide bonds. The Morgan fingerprint density at radius 3 is 2.83 bits per heavy atom. The maximum absolute atomic E-state index is 10.6. The van der Waals surface area contributed by atoms with Crippen molar-refractivity contribution in [3.63, 3.8) is 0 Å². The van der Waals surface area contributed by atoms with Gasteiger partial charge in [-0.3, -0.25) is 0 Å². The van der Waals surface area contributed by atoms with Gasteiger partial charge in [-0.1, -0.05) is 0 Å². The lowest BCUT2D eigenvalue weighted by Crippen LogP contribution is -2.52. The summed E-state index contributed by atoms with van der Waals surface area (Å²) in [5.74, 6) is 0. The van der Waals surface area contributed by atoms with Crippen LogP contribution in [0.25, 0.3) is 0 Å². The lowest BCUT2D eigenvalue weighted by molar-refractivity contribution is -0.136. The van der Waals surface area contributed by atoms with Crippen LogP contribution in [0.5, 0.6) is 0 Å². The zero-order chi connectivity index (χ0) is 9.24. The average Bonchev–Trinajstić information content (AvgIpc) is 2.53. The number of aldehydes is 1. The van der Waals surface area contributed by atoms with Crippen LogP contribution in [0.1, 0.15) is 13.3 Å². The van der Waals surface area contributed by atoms with Crippen LogP contribution >= 0.6 is 0 Å². The first-order chi connectivity index (χ1) is 5.58. The Morgan fingerprint density at radius 2 is 2.50 bits per heavy atom. The van der Waals surface area contributed by atoms with Gasteiger partial charge in [0.05, 0.1) is 6.61 Å². The van der Waals surface area contributed by atoms with Crippen molar-refractivity contribution in [2.45, 2.75) is 18.9 Å². The molecule has 4 heteroatoms. The van der Waals surface area contributed by atoms with Crippen molar-refractivity contribution in [2.75, 3.05) is 19.8 Å². The third-order valence-electron chi connectivity index (χ3n) is 2.80. The van der Waals surface area contributed by atoms with Crippen LogP contribution in [0.3, 0.4) is 0 Å². The minimum Gasteiger partial charge on any atom is -0.382 e. The molecule has 1 aliphatic rings. The van der Waals surface area contributed by atoms with Gasteiger partial charge >= 0.3 is 0 Å². The second kappa shape index (κ2) is 3.12. The first-order valence-electron chi connectivity index (χ1n) is 4.04. The monoisotopic (exact) mass is 173 g/mol. The number of carbonyl (C=O) groups excluding carboxylic acids is 1. The van der Waals surface area contributed by atoms with Crippen molar-refractivity contribution >= 4 is 6.29 Å². The molecule has 1 rings (SSSR count). The maximum atomic E-state index is 10.6. The Hall–Kier alpha value is -0.450. The molecular formula is C8H15NO3. The molecule has 1 saturated heterocycles. The predicted octanol–water partition coefficient (Wildman–Crippen LogP) is -0.698. The molecule has 1 aliphatic heterocycles. The summed E-state index contributed by atoms with van der Waals surface area (Å²) in [5.41, 5.74) is 3.59. The van der Waals surface area contributed by atoms with E-state index in [4.69, 9.17) is 10.5 Å². The average molecular weight is 173 g/mol. The highest BCUT2D eigenvalue weighted by Gasteiger charge is 2.48. The van der Waals surface area contributed by atoms with Crippen LogP contribution in [0.2, 0.25) is 0 Å². The quantitative estimate of drug-likeness (QED) is 0.554. The normalized spacial score (nSPS) is 34.6. The molecule has 2 unspecified atom stereocenters. The molecule has 0 spiro atoms. The number of hydrogen-bond donors (Lipinski definition) is 2. The summed E-state index contributed by atoms with van der Waals surface area (Å²) in [5, 5.41) is 9.75. The Labute approximate surface area is 71.7 Å². The Bertz CT molecular complexity index is 173. The van der Waals surface area contributed by atoms with E-state index < -0.39 is 11.0 Å². The van der Waals surface area contributed by atoms with E-state index in [0.717, 1.165) is 0 Å². The summed E-state index contributed by atoms with van der Waals surface area (Å²) < 4.78 is 5.14. The molecule has 2 atom stereocenters. The zero-order valence-electron chi connectivity index (χ0n) is 7.25. The second-order valence-corrected chi connectivity index (χ2v) is 3.55. The topological polar surface area (TPSA) is 72.5 Å². The molecule has 0 aliphatic carbocycles. The smallest absolute Gasteiger partial charge is 0.151 e. The molecule has 12 heavy (non-hydrogen) atoms. The van der Waals surface area contributed by atoms with Crippen molar-refractivity contribution in [2.24, 2.45) is 11.1 Å². The Kier molecular flexibility index (Phi) is 2.51. The highest BCUT2D eigenvalue weighted by atomic mass is 16.5. The van der Waals surface area contributed by atoms with Crippen LogP contribution in [0.15, 0.2) is 0 Å². The Morgan fingerprint density at radius 1 is 1.83 bits per heavy atom. The van der Waals surface area contributed by atoms with Gasteiger partial charge in [0.15, 0.2) is 6.29 Å². The van der Waals surface area contributed by atoms with Crippen molar-refractivity contribution < 1.29 is 14.6 Å². The van der Waals surface area contributed by atoms with E-state index in [2.05, 4.69) is 0 Å². The minimum absolute atomic E-state index is 0.277. The fourth-order valence-electron chi connectivity index (χ4n) is 1.50. The van der Waals surface area contributed by atoms with Gasteiger partial charge in [0, 0.05) is 18.6 Å². The van der Waals surface area contributed by atoms with Crippen molar-refractivity contribution in [1.82, 2.24) is 0 Å². The summed E-state index contributed by atoms with van der Waals surface area (Å²) in [6, 6.07) is 0. The molecule has 1 fully saturated rings. The lowest BCUT2D eigenvalue weighted by atomic mass is 9.73. The number of nitrogens with two attached hydrogens (primary N) is 1. The van der Waals surface area contributed by atoms with Crippen LogP contribution < -0.4 is 5.73 Å². The number of carbonyl (C=O) groups is 1. The van der Waals surface area contributed by atoms with E-state index in [0.29, 0.717) is 25.9 Å². The van der Waals surface area contributed by atoms with E-state index in [1.165, 1.54) is 6.92 Å². The third-order valence-corrected chi connectivity index (χ3v) is 2.80. The lowest BCUT2D eigenvalue weighted by Gasteiger charge is -2.36. The summed E-state index contributed by atoms with van der Waals surface area (Å²) >= 11 is 0. The summed E-state index contributed by atoms with van der Waals surface area (Å²) in [6.07, 6.45) is 1.20. The van der Waals surface area contributed by atoms with Crippen LogP contribution in [-0.2, 0) is 9.53 Å². The number of rotatable bonds is 3. The van der Waals surface area contributed by atoms with Gasteiger partial charge in [-0.05, 0) is 13.3 Å². The van der Waals surface area contributed by atoms with Gasteiger partial charge in [-0.2, -0.15) is 0 Å². The molecule has 0 aromatic rings. The molecule has 1 heterocycles. The molecule has 3 N–H and O–H groups in total. The van der Waals surface area contributed by atoms with E-state index in [-0.39, 0.29) is 6.54 Å². The first kappa shape index (κ1) is 9.64. The van der Waals surface area contributed by atoms with Gasteiger partial charge in [0.2, 0.25) is 0 Å². The molecule has 0 bridgehead atoms. The fourth-order valence-corrected chi connectivity index (χ4v) is 1.50. The van der Waals surface area contributed by atoms with Gasteiger partial charge < -0.3 is 20.4 Å². The van der Waals surface area contributed by atoms with Gasteiger partial charge in [0.1, 0.15) is 5.60 Å². The molecule has 0 aromatic heterocycles. The molecule has 4 nitrogen and oxygen atoms in total. The van der Waals surface area contributed by atoms with E-state index in [1.54, 1.807) is 0 Å². The molecule has 0 saturated carbocycles. The van der Waals surface area contributed by atoms with E-state index >= 15 is 0 Å². The SMILES string of the molecule is CC(O)(C=O)C1(CN)CCOC1. The second-order valence-electron chi connectivity index (χ2n) is 3.55. The van der Waals surface area contributed by atoms with Crippen molar-refractivity contribution in [3.05, 3.63) is 0 Å². The largest absolute Gasteiger partial charge is 0.382 e. The standard InChI is InChI=1S/C8H15NO3/c1-7(11,5-10)8(4-9)2-3-12-6-8/h5,11H,2-4,6,9H2,1H3. The van der Waals surface area contributed by atoms with Crippen LogP contribution in [-0.4, -0.2) is 36.8 Å². The highest BCUT2D eigenvalue weighted by molar-refractivity contribution is 5.63. The van der Waals surface area contributed by atoms with Crippen molar-refractivity contribution in [1.29, 1.82) is 0 Å². The number of aliphatic hydroxyl groups is 1. The minimum atomic E-state index is -1.36.